The van der Waals surface area contributed by atoms with E-state index in [0.717, 1.165) is 48.0 Å². The quantitative estimate of drug-likeness (QED) is 0.391. The Balaban J connectivity index is 1.54. The van der Waals surface area contributed by atoms with E-state index in [9.17, 15) is 9.59 Å². The summed E-state index contributed by atoms with van der Waals surface area (Å²) >= 11 is 3.05. The van der Waals surface area contributed by atoms with E-state index in [0.29, 0.717) is 10.9 Å². The largest absolute Gasteiger partial charge is 0.337 e. The van der Waals surface area contributed by atoms with Gasteiger partial charge in [-0.2, -0.15) is 0 Å². The van der Waals surface area contributed by atoms with E-state index in [2.05, 4.69) is 13.8 Å². The van der Waals surface area contributed by atoms with Crippen LogP contribution in [0.4, 0.5) is 0 Å². The fourth-order valence-corrected chi connectivity index (χ4v) is 7.39. The number of amides is 1. The molecule has 168 valence electrons. The van der Waals surface area contributed by atoms with Gasteiger partial charge in [0.15, 0.2) is 5.16 Å². The molecular formula is C25H29N3O2S2. The van der Waals surface area contributed by atoms with E-state index < -0.39 is 0 Å². The normalized spacial score (nSPS) is 21.0. The Kier molecular flexibility index (Phi) is 6.12. The average Bonchev–Trinajstić information content (AvgIpc) is 3.17. The topological polar surface area (TPSA) is 55.2 Å². The molecular weight excluding hydrogens is 438 g/mol. The van der Waals surface area contributed by atoms with Crippen molar-refractivity contribution in [3.05, 3.63) is 51.1 Å². The second kappa shape index (κ2) is 9.02. The highest BCUT2D eigenvalue weighted by Gasteiger charge is 2.29. The lowest BCUT2D eigenvalue weighted by molar-refractivity contribution is -0.134. The van der Waals surface area contributed by atoms with Gasteiger partial charge < -0.3 is 4.90 Å². The summed E-state index contributed by atoms with van der Waals surface area (Å²) in [6.45, 7) is 4.27. The van der Waals surface area contributed by atoms with Crippen molar-refractivity contribution in [1.82, 2.24) is 14.5 Å². The molecule has 1 saturated heterocycles. The molecule has 0 saturated carbocycles. The van der Waals surface area contributed by atoms with Crippen molar-refractivity contribution in [2.75, 3.05) is 5.75 Å². The van der Waals surface area contributed by atoms with Crippen LogP contribution < -0.4 is 5.56 Å². The second-order valence-electron chi connectivity index (χ2n) is 8.98. The van der Waals surface area contributed by atoms with Crippen molar-refractivity contribution in [2.45, 2.75) is 76.0 Å². The molecule has 1 aromatic carbocycles. The van der Waals surface area contributed by atoms with Crippen molar-refractivity contribution < 1.29 is 4.79 Å². The molecule has 0 unspecified atom stereocenters. The maximum atomic E-state index is 13.8. The number of fused-ring (bicyclic) bond motifs is 3. The van der Waals surface area contributed by atoms with Crippen molar-refractivity contribution in [3.63, 3.8) is 0 Å². The standard InChI is InChI=1S/C25H29N3O2S2/c1-16-9-8-10-17(2)27(16)21(29)15-31-25-26-23-22(19-13-6-7-14-20(19)32-23)24(30)28(25)18-11-4-3-5-12-18/h3-5,11-12,16-17H,6-10,13-15H2,1-2H3/t16-,17-/m1/s1. The third kappa shape index (κ3) is 3.90. The Morgan fingerprint density at radius 2 is 1.81 bits per heavy atom. The third-order valence-electron chi connectivity index (χ3n) is 6.78. The molecule has 3 aromatic rings. The van der Waals surface area contributed by atoms with Crippen molar-refractivity contribution in [3.8, 4) is 5.69 Å². The lowest BCUT2D eigenvalue weighted by Gasteiger charge is -2.39. The summed E-state index contributed by atoms with van der Waals surface area (Å²) in [6.07, 6.45) is 7.58. The zero-order valence-electron chi connectivity index (χ0n) is 18.7. The fourth-order valence-electron chi connectivity index (χ4n) is 5.20. The molecule has 32 heavy (non-hydrogen) atoms. The number of nitrogens with zero attached hydrogens (tertiary/aromatic N) is 3. The summed E-state index contributed by atoms with van der Waals surface area (Å²) in [5.74, 6) is 0.430. The highest BCUT2D eigenvalue weighted by atomic mass is 32.2. The van der Waals surface area contributed by atoms with E-state index in [4.69, 9.17) is 4.98 Å². The molecule has 0 radical (unpaired) electrons. The molecule has 3 heterocycles. The Bertz CT molecular complexity index is 1190. The van der Waals surface area contributed by atoms with Crippen LogP contribution in [0.2, 0.25) is 0 Å². The smallest absolute Gasteiger partial charge is 0.267 e. The van der Waals surface area contributed by atoms with E-state index in [1.807, 2.05) is 35.2 Å². The van der Waals surface area contributed by atoms with E-state index in [1.165, 1.54) is 35.0 Å². The van der Waals surface area contributed by atoms with Crippen molar-refractivity contribution in [2.24, 2.45) is 0 Å². The summed E-state index contributed by atoms with van der Waals surface area (Å²) in [6, 6.07) is 10.2. The van der Waals surface area contributed by atoms with Crippen LogP contribution in [-0.2, 0) is 17.6 Å². The molecule has 5 nitrogen and oxygen atoms in total. The lowest BCUT2D eigenvalue weighted by Crippen LogP contribution is -2.48. The van der Waals surface area contributed by atoms with Crippen molar-refractivity contribution in [1.29, 1.82) is 0 Å². The Morgan fingerprint density at radius 1 is 1.09 bits per heavy atom. The number of hydrogen-bond acceptors (Lipinski definition) is 5. The maximum Gasteiger partial charge on any atom is 0.267 e. The average molecular weight is 468 g/mol. The predicted molar refractivity (Wildman–Crippen MR) is 132 cm³/mol. The Labute approximate surface area is 196 Å². The highest BCUT2D eigenvalue weighted by Crippen LogP contribution is 2.35. The molecule has 0 spiro atoms. The van der Waals surface area contributed by atoms with E-state index in [-0.39, 0.29) is 23.6 Å². The van der Waals surface area contributed by atoms with Gasteiger partial charge in [0, 0.05) is 17.0 Å². The van der Waals surface area contributed by atoms with Gasteiger partial charge in [0.1, 0.15) is 4.83 Å². The number of aryl methyl sites for hydroxylation is 2. The van der Waals surface area contributed by atoms with Gasteiger partial charge in [-0.05, 0) is 76.5 Å². The zero-order valence-corrected chi connectivity index (χ0v) is 20.3. The Morgan fingerprint density at radius 3 is 2.56 bits per heavy atom. The predicted octanol–water partition coefficient (Wildman–Crippen LogP) is 5.21. The number of hydrogen-bond donors (Lipinski definition) is 0. The van der Waals surface area contributed by atoms with Gasteiger partial charge in [-0.1, -0.05) is 30.0 Å². The number of thioether (sulfide) groups is 1. The molecule has 2 aliphatic rings. The molecule has 2 aromatic heterocycles. The molecule has 5 rings (SSSR count). The first-order valence-electron chi connectivity index (χ1n) is 11.6. The van der Waals surface area contributed by atoms with Crippen molar-refractivity contribution >= 4 is 39.2 Å². The molecule has 1 aliphatic heterocycles. The molecule has 1 amide bonds. The number of likely N-dealkylation sites (tertiary alicyclic amines) is 1. The summed E-state index contributed by atoms with van der Waals surface area (Å²) in [7, 11) is 0. The number of para-hydroxylation sites is 1. The number of rotatable bonds is 4. The highest BCUT2D eigenvalue weighted by molar-refractivity contribution is 7.99. The minimum Gasteiger partial charge on any atom is -0.337 e. The van der Waals surface area contributed by atoms with Crippen LogP contribution in [0, 0.1) is 0 Å². The van der Waals surface area contributed by atoms with Gasteiger partial charge in [-0.15, -0.1) is 11.3 Å². The van der Waals surface area contributed by atoms with Crippen LogP contribution in [0.15, 0.2) is 40.3 Å². The van der Waals surface area contributed by atoms with Crippen LogP contribution >= 0.6 is 23.1 Å². The second-order valence-corrected chi connectivity index (χ2v) is 11.0. The van der Waals surface area contributed by atoms with Crippen LogP contribution in [0.1, 0.15) is 56.4 Å². The van der Waals surface area contributed by atoms with Crippen LogP contribution in [0.5, 0.6) is 0 Å². The first-order chi connectivity index (χ1) is 15.5. The van der Waals surface area contributed by atoms with E-state index >= 15 is 0 Å². The minimum atomic E-state index is -0.00439. The monoisotopic (exact) mass is 467 g/mol. The number of benzene rings is 1. The van der Waals surface area contributed by atoms with Crippen LogP contribution in [-0.4, -0.2) is 38.2 Å². The molecule has 1 aliphatic carbocycles. The molecule has 2 atom stereocenters. The van der Waals surface area contributed by atoms with Crippen LogP contribution in [0.25, 0.3) is 15.9 Å². The molecule has 1 fully saturated rings. The first kappa shape index (κ1) is 21.7. The summed E-state index contributed by atoms with van der Waals surface area (Å²) in [4.78, 5) is 36.0. The first-order valence-corrected chi connectivity index (χ1v) is 13.4. The third-order valence-corrected chi connectivity index (χ3v) is 8.89. The van der Waals surface area contributed by atoms with Gasteiger partial charge in [-0.3, -0.25) is 14.2 Å². The SMILES string of the molecule is C[C@@H]1CCC[C@@H](C)N1C(=O)CSc1nc2sc3c(c2c(=O)n1-c1ccccc1)CCCC3. The number of thiophene rings is 1. The van der Waals surface area contributed by atoms with Gasteiger partial charge in [0.2, 0.25) is 5.91 Å². The molecule has 7 heteroatoms. The minimum absolute atomic E-state index is 0.00439. The molecule has 0 bridgehead atoms. The van der Waals surface area contributed by atoms with Gasteiger partial charge in [0.25, 0.3) is 5.56 Å². The fraction of sp³-hybridized carbons (Fsp3) is 0.480. The van der Waals surface area contributed by atoms with Gasteiger partial charge in [0.05, 0.1) is 16.8 Å². The number of aromatic nitrogens is 2. The maximum absolute atomic E-state index is 13.8. The molecule has 0 N–H and O–H groups in total. The lowest BCUT2D eigenvalue weighted by atomic mass is 9.97. The Hall–Kier alpha value is -2.12. The van der Waals surface area contributed by atoms with Gasteiger partial charge >= 0.3 is 0 Å². The number of piperidine rings is 1. The number of carbonyl (C=O) groups is 1. The van der Waals surface area contributed by atoms with E-state index in [1.54, 1.807) is 15.9 Å². The summed E-state index contributed by atoms with van der Waals surface area (Å²) in [5, 5.41) is 1.39. The van der Waals surface area contributed by atoms with Gasteiger partial charge in [-0.25, -0.2) is 4.98 Å². The summed E-state index contributed by atoms with van der Waals surface area (Å²) in [5.41, 5.74) is 1.99. The summed E-state index contributed by atoms with van der Waals surface area (Å²) < 4.78 is 1.71. The number of carbonyl (C=O) groups excluding carboxylic acids is 1. The van der Waals surface area contributed by atoms with Crippen LogP contribution in [0.3, 0.4) is 0 Å². The zero-order chi connectivity index (χ0) is 22.2.